The van der Waals surface area contributed by atoms with E-state index in [1.54, 1.807) is 19.0 Å². The molecule has 7 nitrogen and oxygen atoms in total. The molecule has 2 rings (SSSR count). The normalized spacial score (nSPS) is 19.8. The van der Waals surface area contributed by atoms with Gasteiger partial charge in [-0.05, 0) is 58.7 Å². The Morgan fingerprint density at radius 1 is 1.22 bits per heavy atom. The molecule has 32 heavy (non-hydrogen) atoms. The largest absolute Gasteiger partial charge is 0.373 e. The van der Waals surface area contributed by atoms with E-state index in [2.05, 4.69) is 56.2 Å². The average Bonchev–Trinajstić information content (AvgIpc) is 2.71. The molecule has 8 heteroatoms. The number of hydrogen-bond acceptors (Lipinski definition) is 4. The van der Waals surface area contributed by atoms with Gasteiger partial charge in [-0.2, -0.15) is 0 Å². The van der Waals surface area contributed by atoms with Gasteiger partial charge < -0.3 is 20.3 Å². The SMILES string of the molecule is CCNC(=NCC(C)(C)N1CC(C)OC(C)C1)NCCc1cccc(C(=O)N(C)C)c1.I. The summed E-state index contributed by atoms with van der Waals surface area (Å²) < 4.78 is 5.88. The molecule has 2 N–H and O–H groups in total. The summed E-state index contributed by atoms with van der Waals surface area (Å²) >= 11 is 0. The summed E-state index contributed by atoms with van der Waals surface area (Å²) in [5.41, 5.74) is 1.81. The van der Waals surface area contributed by atoms with Gasteiger partial charge in [0, 0.05) is 51.4 Å². The van der Waals surface area contributed by atoms with Crippen molar-refractivity contribution in [2.24, 2.45) is 4.99 Å². The number of nitrogens with one attached hydrogen (secondary N) is 2. The van der Waals surface area contributed by atoms with Gasteiger partial charge in [-0.3, -0.25) is 14.7 Å². The highest BCUT2D eigenvalue weighted by Gasteiger charge is 2.33. The quantitative estimate of drug-likeness (QED) is 0.291. The molecule has 0 saturated carbocycles. The molecule has 0 spiro atoms. The lowest BCUT2D eigenvalue weighted by Gasteiger charge is -2.44. The van der Waals surface area contributed by atoms with Gasteiger partial charge in [-0.15, -0.1) is 24.0 Å². The molecular weight excluding hydrogens is 517 g/mol. The highest BCUT2D eigenvalue weighted by Crippen LogP contribution is 2.21. The predicted octanol–water partition coefficient (Wildman–Crippen LogP) is 2.99. The van der Waals surface area contributed by atoms with Gasteiger partial charge in [0.25, 0.3) is 5.91 Å². The number of rotatable bonds is 8. The van der Waals surface area contributed by atoms with Crippen molar-refractivity contribution in [3.63, 3.8) is 0 Å². The van der Waals surface area contributed by atoms with Crippen LogP contribution < -0.4 is 10.6 Å². The summed E-state index contributed by atoms with van der Waals surface area (Å²) in [4.78, 5) is 21.1. The number of ether oxygens (including phenoxy) is 1. The van der Waals surface area contributed by atoms with Crippen LogP contribution in [0.2, 0.25) is 0 Å². The Kier molecular flexibility index (Phi) is 11.9. The van der Waals surface area contributed by atoms with Gasteiger partial charge >= 0.3 is 0 Å². The van der Waals surface area contributed by atoms with Crippen LogP contribution in [0.1, 0.15) is 50.5 Å². The standard InChI is InChI=1S/C24H41N5O2.HI/c1-8-25-23(27-17-24(4,5)29-15-18(2)31-19(3)16-29)26-13-12-20-10-9-11-21(14-20)22(30)28(6)7;/h9-11,14,18-19H,8,12-13,15-17H2,1-7H3,(H2,25,26,27);1H. The summed E-state index contributed by atoms with van der Waals surface area (Å²) in [5, 5.41) is 6.78. The van der Waals surface area contributed by atoms with Crippen LogP contribution in [0.5, 0.6) is 0 Å². The number of hydrogen-bond donors (Lipinski definition) is 2. The number of morpholine rings is 1. The van der Waals surface area contributed by atoms with E-state index in [0.717, 1.165) is 49.7 Å². The maximum Gasteiger partial charge on any atom is 0.253 e. The van der Waals surface area contributed by atoms with Crippen molar-refractivity contribution in [1.29, 1.82) is 0 Å². The van der Waals surface area contributed by atoms with Crippen molar-refractivity contribution < 1.29 is 9.53 Å². The minimum absolute atomic E-state index is 0. The van der Waals surface area contributed by atoms with E-state index in [0.29, 0.717) is 6.54 Å². The monoisotopic (exact) mass is 559 g/mol. The maximum absolute atomic E-state index is 12.2. The first-order valence-corrected chi connectivity index (χ1v) is 11.4. The second-order valence-electron chi connectivity index (χ2n) is 9.25. The van der Waals surface area contributed by atoms with E-state index in [4.69, 9.17) is 9.73 Å². The number of aliphatic imine (C=N–C) groups is 1. The molecule has 0 aliphatic carbocycles. The molecule has 1 fully saturated rings. The molecule has 0 radical (unpaired) electrons. The summed E-state index contributed by atoms with van der Waals surface area (Å²) in [7, 11) is 3.55. The summed E-state index contributed by atoms with van der Waals surface area (Å²) in [6.07, 6.45) is 1.31. The van der Waals surface area contributed by atoms with Gasteiger partial charge in [-0.25, -0.2) is 0 Å². The molecule has 1 amide bonds. The van der Waals surface area contributed by atoms with Crippen LogP contribution in [-0.4, -0.2) is 86.2 Å². The number of carbonyl (C=O) groups is 1. The van der Waals surface area contributed by atoms with Gasteiger partial charge in [0.05, 0.1) is 18.8 Å². The zero-order valence-corrected chi connectivity index (χ0v) is 23.1. The second-order valence-corrected chi connectivity index (χ2v) is 9.25. The number of carbonyl (C=O) groups excluding carboxylic acids is 1. The van der Waals surface area contributed by atoms with Crippen LogP contribution in [-0.2, 0) is 11.2 Å². The number of amides is 1. The fourth-order valence-electron chi connectivity index (χ4n) is 3.83. The van der Waals surface area contributed by atoms with Crippen molar-refractivity contribution in [2.75, 3.05) is 46.8 Å². The molecule has 1 aromatic rings. The second kappa shape index (κ2) is 13.3. The third-order valence-electron chi connectivity index (χ3n) is 5.53. The van der Waals surface area contributed by atoms with Crippen LogP contribution in [0.25, 0.3) is 0 Å². The zero-order valence-electron chi connectivity index (χ0n) is 20.8. The molecule has 0 aromatic heterocycles. The maximum atomic E-state index is 12.2. The van der Waals surface area contributed by atoms with E-state index >= 15 is 0 Å². The minimum atomic E-state index is -0.0461. The minimum Gasteiger partial charge on any atom is -0.373 e. The van der Waals surface area contributed by atoms with Crippen LogP contribution in [0.3, 0.4) is 0 Å². The van der Waals surface area contributed by atoms with Crippen molar-refractivity contribution in [3.05, 3.63) is 35.4 Å². The summed E-state index contributed by atoms with van der Waals surface area (Å²) in [6.45, 7) is 15.0. The third kappa shape index (κ3) is 8.86. The van der Waals surface area contributed by atoms with Gasteiger partial charge in [0.1, 0.15) is 0 Å². The summed E-state index contributed by atoms with van der Waals surface area (Å²) in [6, 6.07) is 7.83. The number of halogens is 1. The predicted molar refractivity (Wildman–Crippen MR) is 143 cm³/mol. The first-order chi connectivity index (χ1) is 14.6. The zero-order chi connectivity index (χ0) is 23.0. The van der Waals surface area contributed by atoms with E-state index in [9.17, 15) is 4.79 Å². The topological polar surface area (TPSA) is 69.2 Å². The van der Waals surface area contributed by atoms with Crippen molar-refractivity contribution in [2.45, 2.75) is 58.8 Å². The van der Waals surface area contributed by atoms with Gasteiger partial charge in [0.2, 0.25) is 0 Å². The Balaban J connectivity index is 0.00000512. The van der Waals surface area contributed by atoms with Crippen LogP contribution in [0, 0.1) is 0 Å². The first-order valence-electron chi connectivity index (χ1n) is 11.4. The molecule has 2 atom stereocenters. The van der Waals surface area contributed by atoms with Gasteiger partial charge in [0.15, 0.2) is 5.96 Å². The van der Waals surface area contributed by atoms with Crippen molar-refractivity contribution in [1.82, 2.24) is 20.4 Å². The molecule has 2 unspecified atom stereocenters. The van der Waals surface area contributed by atoms with E-state index in [1.165, 1.54) is 0 Å². The van der Waals surface area contributed by atoms with Crippen molar-refractivity contribution in [3.8, 4) is 0 Å². The number of guanidine groups is 1. The van der Waals surface area contributed by atoms with Crippen LogP contribution in [0.4, 0.5) is 0 Å². The summed E-state index contributed by atoms with van der Waals surface area (Å²) in [5.74, 6) is 0.851. The first kappa shape index (κ1) is 28.6. The molecule has 0 bridgehead atoms. The Bertz CT molecular complexity index is 744. The molecule has 1 heterocycles. The highest BCUT2D eigenvalue weighted by molar-refractivity contribution is 14.0. The molecule has 1 aliphatic rings. The van der Waals surface area contributed by atoms with E-state index in [-0.39, 0.29) is 47.6 Å². The fraction of sp³-hybridized carbons (Fsp3) is 0.667. The number of benzene rings is 1. The lowest BCUT2D eigenvalue weighted by molar-refractivity contribution is -0.0939. The lowest BCUT2D eigenvalue weighted by Crippen LogP contribution is -2.56. The Morgan fingerprint density at radius 2 is 1.88 bits per heavy atom. The Labute approximate surface area is 211 Å². The molecule has 1 aromatic carbocycles. The lowest BCUT2D eigenvalue weighted by atomic mass is 10.0. The fourth-order valence-corrected chi connectivity index (χ4v) is 3.83. The smallest absolute Gasteiger partial charge is 0.253 e. The molecular formula is C24H42IN5O2. The Morgan fingerprint density at radius 3 is 2.47 bits per heavy atom. The Hall–Kier alpha value is -1.39. The van der Waals surface area contributed by atoms with Crippen LogP contribution in [0.15, 0.2) is 29.3 Å². The number of nitrogens with zero attached hydrogens (tertiary/aromatic N) is 3. The molecule has 182 valence electrons. The van der Waals surface area contributed by atoms with E-state index in [1.807, 2.05) is 18.2 Å². The van der Waals surface area contributed by atoms with Crippen molar-refractivity contribution >= 4 is 35.8 Å². The average molecular weight is 560 g/mol. The molecule has 1 saturated heterocycles. The van der Waals surface area contributed by atoms with Gasteiger partial charge in [-0.1, -0.05) is 12.1 Å². The third-order valence-corrected chi connectivity index (χ3v) is 5.53. The van der Waals surface area contributed by atoms with Crippen LogP contribution >= 0.6 is 24.0 Å². The van der Waals surface area contributed by atoms with E-state index < -0.39 is 0 Å². The molecule has 1 aliphatic heterocycles. The highest BCUT2D eigenvalue weighted by atomic mass is 127.